The fourth-order valence-corrected chi connectivity index (χ4v) is 3.97. The number of ether oxygens (including phenoxy) is 3. The van der Waals surface area contributed by atoms with Crippen LogP contribution in [0, 0.1) is 0 Å². The molecule has 0 saturated carbocycles. The molecule has 1 N–H and O–H groups in total. The number of carbonyl (C=O) groups is 2. The van der Waals surface area contributed by atoms with Gasteiger partial charge in [0.1, 0.15) is 5.75 Å². The number of anilines is 1. The Morgan fingerprint density at radius 2 is 1.47 bits per heavy atom. The standard InChI is InChI=1S/C21H19NO7S/c1-27-16-7-4-14-11-17(8-5-13(14)10-16)30(25,26)22-19-12-15(20(23)28-2)6-9-18(19)21(24)29-3/h4-12,22H,1-3H3. The van der Waals surface area contributed by atoms with Gasteiger partial charge in [0.2, 0.25) is 0 Å². The van der Waals surface area contributed by atoms with Gasteiger partial charge in [-0.2, -0.15) is 0 Å². The Kier molecular flexibility index (Phi) is 5.93. The molecule has 0 spiro atoms. The first kappa shape index (κ1) is 21.1. The van der Waals surface area contributed by atoms with Gasteiger partial charge >= 0.3 is 11.9 Å². The average molecular weight is 429 g/mol. The highest BCUT2D eigenvalue weighted by molar-refractivity contribution is 7.92. The van der Waals surface area contributed by atoms with Gasteiger partial charge in [-0.05, 0) is 53.2 Å². The first-order valence-electron chi connectivity index (χ1n) is 8.70. The monoisotopic (exact) mass is 429 g/mol. The maximum absolute atomic E-state index is 13.0. The molecule has 9 heteroatoms. The Bertz CT molecular complexity index is 1240. The number of sulfonamides is 1. The summed E-state index contributed by atoms with van der Waals surface area (Å²) in [5.74, 6) is -0.778. The number of carbonyl (C=O) groups excluding carboxylic acids is 2. The van der Waals surface area contributed by atoms with Gasteiger partial charge in [0, 0.05) is 0 Å². The Morgan fingerprint density at radius 1 is 0.800 bits per heavy atom. The predicted octanol–water partition coefficient (Wildman–Crippen LogP) is 3.22. The molecule has 0 saturated heterocycles. The van der Waals surface area contributed by atoms with Gasteiger partial charge in [-0.1, -0.05) is 12.1 Å². The lowest BCUT2D eigenvalue weighted by atomic mass is 10.1. The SMILES string of the molecule is COC(=O)c1ccc(C(=O)OC)c(NS(=O)(=O)c2ccc3cc(OC)ccc3c2)c1. The smallest absolute Gasteiger partial charge is 0.339 e. The molecule has 0 unspecified atom stereocenters. The minimum Gasteiger partial charge on any atom is -0.497 e. The van der Waals surface area contributed by atoms with Crippen molar-refractivity contribution in [1.29, 1.82) is 0 Å². The summed E-state index contributed by atoms with van der Waals surface area (Å²) in [4.78, 5) is 23.9. The lowest BCUT2D eigenvalue weighted by Gasteiger charge is -2.13. The molecule has 156 valence electrons. The van der Waals surface area contributed by atoms with Crippen LogP contribution in [0.25, 0.3) is 10.8 Å². The van der Waals surface area contributed by atoms with Crippen LogP contribution in [0.2, 0.25) is 0 Å². The van der Waals surface area contributed by atoms with Crippen LogP contribution in [0.15, 0.2) is 59.5 Å². The summed E-state index contributed by atoms with van der Waals surface area (Å²) in [6.45, 7) is 0. The van der Waals surface area contributed by atoms with Crippen LogP contribution < -0.4 is 9.46 Å². The second-order valence-electron chi connectivity index (χ2n) is 6.22. The minimum atomic E-state index is -4.08. The van der Waals surface area contributed by atoms with E-state index < -0.39 is 22.0 Å². The lowest BCUT2D eigenvalue weighted by molar-refractivity contribution is 0.0587. The molecule has 3 aromatic rings. The summed E-state index contributed by atoms with van der Waals surface area (Å²) < 4.78 is 42.9. The molecule has 0 heterocycles. The van der Waals surface area contributed by atoms with Gasteiger partial charge < -0.3 is 14.2 Å². The quantitative estimate of drug-likeness (QED) is 0.599. The number of nitrogens with one attached hydrogen (secondary N) is 1. The van der Waals surface area contributed by atoms with Crippen LogP contribution in [0.4, 0.5) is 5.69 Å². The van der Waals surface area contributed by atoms with Gasteiger partial charge in [0.25, 0.3) is 10.0 Å². The minimum absolute atomic E-state index is 0.0144. The molecule has 3 aromatic carbocycles. The van der Waals surface area contributed by atoms with E-state index in [2.05, 4.69) is 9.46 Å². The zero-order valence-corrected chi connectivity index (χ0v) is 17.3. The van der Waals surface area contributed by atoms with E-state index in [0.717, 1.165) is 5.39 Å². The Labute approximate surface area is 173 Å². The van der Waals surface area contributed by atoms with Crippen molar-refractivity contribution in [3.05, 3.63) is 65.7 Å². The molecule has 0 aromatic heterocycles. The van der Waals surface area contributed by atoms with Crippen LogP contribution in [0.5, 0.6) is 5.75 Å². The number of hydrogen-bond acceptors (Lipinski definition) is 7. The van der Waals surface area contributed by atoms with Gasteiger partial charge in [0.15, 0.2) is 0 Å². The Balaban J connectivity index is 2.04. The van der Waals surface area contributed by atoms with Crippen LogP contribution in [-0.4, -0.2) is 41.7 Å². The molecule has 0 radical (unpaired) electrons. The number of esters is 2. The number of methoxy groups -OCH3 is 3. The van der Waals surface area contributed by atoms with Crippen LogP contribution >= 0.6 is 0 Å². The topological polar surface area (TPSA) is 108 Å². The largest absolute Gasteiger partial charge is 0.497 e. The van der Waals surface area contributed by atoms with E-state index in [0.29, 0.717) is 11.1 Å². The molecule has 0 amide bonds. The third-order valence-electron chi connectivity index (χ3n) is 4.42. The summed E-state index contributed by atoms with van der Waals surface area (Å²) in [6, 6.07) is 13.7. The Hall–Kier alpha value is -3.59. The highest BCUT2D eigenvalue weighted by atomic mass is 32.2. The molecule has 8 nitrogen and oxygen atoms in total. The summed E-state index contributed by atoms with van der Waals surface area (Å²) in [5.41, 5.74) is -0.0627. The summed E-state index contributed by atoms with van der Waals surface area (Å²) in [7, 11) is -0.156. The highest BCUT2D eigenvalue weighted by Gasteiger charge is 2.21. The van der Waals surface area contributed by atoms with Crippen molar-refractivity contribution in [2.75, 3.05) is 26.1 Å². The Morgan fingerprint density at radius 3 is 2.13 bits per heavy atom. The van der Waals surface area contributed by atoms with E-state index in [1.807, 2.05) is 0 Å². The van der Waals surface area contributed by atoms with Crippen LogP contribution in [0.1, 0.15) is 20.7 Å². The van der Waals surface area contributed by atoms with Gasteiger partial charge in [-0.3, -0.25) is 4.72 Å². The average Bonchev–Trinajstić information content (AvgIpc) is 2.76. The fraction of sp³-hybridized carbons (Fsp3) is 0.143. The number of rotatable bonds is 6. The molecular weight excluding hydrogens is 410 g/mol. The number of benzene rings is 3. The maximum atomic E-state index is 13.0. The third-order valence-corrected chi connectivity index (χ3v) is 5.78. The third kappa shape index (κ3) is 4.20. The first-order valence-corrected chi connectivity index (χ1v) is 10.2. The van der Waals surface area contributed by atoms with E-state index in [1.54, 1.807) is 31.4 Å². The zero-order valence-electron chi connectivity index (χ0n) is 16.5. The molecule has 0 aliphatic rings. The fourth-order valence-electron chi connectivity index (χ4n) is 2.86. The summed E-state index contributed by atoms with van der Waals surface area (Å²) >= 11 is 0. The number of hydrogen-bond donors (Lipinski definition) is 1. The molecule has 0 aliphatic heterocycles. The predicted molar refractivity (Wildman–Crippen MR) is 110 cm³/mol. The molecule has 0 bridgehead atoms. The van der Waals surface area contributed by atoms with Crippen molar-refractivity contribution in [3.63, 3.8) is 0 Å². The van der Waals surface area contributed by atoms with E-state index in [-0.39, 0.29) is 21.7 Å². The van der Waals surface area contributed by atoms with Crippen molar-refractivity contribution in [3.8, 4) is 5.75 Å². The molecule has 0 atom stereocenters. The van der Waals surface area contributed by atoms with Gasteiger partial charge in [0.05, 0.1) is 43.0 Å². The summed E-state index contributed by atoms with van der Waals surface area (Å²) in [5, 5.41) is 1.49. The van der Waals surface area contributed by atoms with Crippen molar-refractivity contribution < 1.29 is 32.2 Å². The summed E-state index contributed by atoms with van der Waals surface area (Å²) in [6.07, 6.45) is 0. The van der Waals surface area contributed by atoms with Gasteiger partial charge in [-0.15, -0.1) is 0 Å². The van der Waals surface area contributed by atoms with Crippen LogP contribution in [0.3, 0.4) is 0 Å². The van der Waals surface area contributed by atoms with E-state index >= 15 is 0 Å². The molecule has 30 heavy (non-hydrogen) atoms. The van der Waals surface area contributed by atoms with Crippen molar-refractivity contribution in [2.24, 2.45) is 0 Å². The molecule has 0 fully saturated rings. The maximum Gasteiger partial charge on any atom is 0.339 e. The van der Waals surface area contributed by atoms with E-state index in [4.69, 9.17) is 9.47 Å². The van der Waals surface area contributed by atoms with Gasteiger partial charge in [-0.25, -0.2) is 18.0 Å². The van der Waals surface area contributed by atoms with E-state index in [1.165, 1.54) is 44.6 Å². The number of fused-ring (bicyclic) bond motifs is 1. The normalized spacial score (nSPS) is 11.0. The van der Waals surface area contributed by atoms with Crippen LogP contribution in [-0.2, 0) is 19.5 Å². The van der Waals surface area contributed by atoms with Crippen molar-refractivity contribution in [1.82, 2.24) is 0 Å². The molecule has 3 rings (SSSR count). The second kappa shape index (κ2) is 8.42. The second-order valence-corrected chi connectivity index (χ2v) is 7.91. The highest BCUT2D eigenvalue weighted by Crippen LogP contribution is 2.27. The lowest BCUT2D eigenvalue weighted by Crippen LogP contribution is -2.17. The molecule has 0 aliphatic carbocycles. The molecular formula is C21H19NO7S. The van der Waals surface area contributed by atoms with Crippen molar-refractivity contribution in [2.45, 2.75) is 4.90 Å². The van der Waals surface area contributed by atoms with E-state index in [9.17, 15) is 18.0 Å². The first-order chi connectivity index (χ1) is 14.3. The zero-order chi connectivity index (χ0) is 21.9. The van der Waals surface area contributed by atoms with Crippen molar-refractivity contribution >= 4 is 38.4 Å².